The minimum atomic E-state index is 0. The van der Waals surface area contributed by atoms with Crippen molar-refractivity contribution in [2.45, 2.75) is 79.1 Å². The number of allylic oxidation sites excluding steroid dienone is 4. The van der Waals surface area contributed by atoms with Gasteiger partial charge in [-0.15, -0.1) is 60.1 Å². The summed E-state index contributed by atoms with van der Waals surface area (Å²) in [7, 11) is 0. The predicted octanol–water partition coefficient (Wildman–Crippen LogP) is 14.6. The summed E-state index contributed by atoms with van der Waals surface area (Å²) in [6, 6.07) is 50.3. The van der Waals surface area contributed by atoms with Crippen LogP contribution >= 0.6 is 24.8 Å². The van der Waals surface area contributed by atoms with E-state index in [1.54, 1.807) is 0 Å². The smallest absolute Gasteiger partial charge is 0.109 e. The Bertz CT molecular complexity index is 2150. The fourth-order valence-electron chi connectivity index (χ4n) is 7.21. The maximum absolute atomic E-state index is 3.88. The van der Waals surface area contributed by atoms with Crippen molar-refractivity contribution in [1.29, 1.82) is 0 Å². The summed E-state index contributed by atoms with van der Waals surface area (Å²) < 4.78 is 1.43. The third kappa shape index (κ3) is 10.9. The van der Waals surface area contributed by atoms with Crippen LogP contribution in [0.2, 0.25) is 0 Å². The molecule has 8 rings (SSSR count). The molecule has 3 heteroatoms. The van der Waals surface area contributed by atoms with Gasteiger partial charge in [0.05, 0.1) is 0 Å². The van der Waals surface area contributed by atoms with Crippen LogP contribution in [0.25, 0.3) is 33.4 Å². The van der Waals surface area contributed by atoms with Crippen LogP contribution in [0.3, 0.4) is 0 Å². The molecule has 0 N–H and O–H groups in total. The van der Waals surface area contributed by atoms with Crippen molar-refractivity contribution in [1.82, 2.24) is 0 Å². The predicted molar refractivity (Wildman–Crippen MR) is 243 cm³/mol. The van der Waals surface area contributed by atoms with E-state index in [0.717, 1.165) is 12.8 Å². The molecule has 56 heavy (non-hydrogen) atoms. The Labute approximate surface area is 364 Å². The van der Waals surface area contributed by atoms with E-state index in [-0.39, 0.29) is 35.6 Å². The normalized spacial score (nSPS) is 12.2. The minimum absolute atomic E-state index is 0. The van der Waals surface area contributed by atoms with Crippen molar-refractivity contribution < 1.29 is 24.2 Å². The summed E-state index contributed by atoms with van der Waals surface area (Å²) in [5, 5.41) is 0. The van der Waals surface area contributed by atoms with Crippen LogP contribution in [0.5, 0.6) is 0 Å². The first-order chi connectivity index (χ1) is 25.8. The molecule has 0 aromatic heterocycles. The quantitative estimate of drug-likeness (QED) is 0.155. The number of benzene rings is 6. The van der Waals surface area contributed by atoms with Crippen LogP contribution in [0.15, 0.2) is 146 Å². The minimum Gasteiger partial charge on any atom is -0.273 e. The Hall–Kier alpha value is -3.87. The second-order valence-corrected chi connectivity index (χ2v) is 17.8. The molecule has 0 unspecified atom stereocenters. The number of hydrogen-bond donors (Lipinski definition) is 0. The summed E-state index contributed by atoms with van der Waals surface area (Å²) in [6.45, 7) is 18.2. The number of fused-ring (bicyclic) bond motifs is 3. The van der Waals surface area contributed by atoms with Gasteiger partial charge in [-0.2, -0.15) is 6.08 Å². The topological polar surface area (TPSA) is 0 Å². The molecular weight excluding hydrogens is 799 g/mol. The van der Waals surface area contributed by atoms with Gasteiger partial charge in [-0.3, -0.25) is 6.08 Å². The van der Waals surface area contributed by atoms with Crippen LogP contribution in [0.4, 0.5) is 0 Å². The molecule has 0 nitrogen and oxygen atoms in total. The van der Waals surface area contributed by atoms with E-state index < -0.39 is 0 Å². The average Bonchev–Trinajstić information content (AvgIpc) is 3.86. The van der Waals surface area contributed by atoms with Gasteiger partial charge in [0.25, 0.3) is 0 Å². The van der Waals surface area contributed by atoms with E-state index in [4.69, 9.17) is 0 Å². The Morgan fingerprint density at radius 2 is 1.11 bits per heavy atom. The van der Waals surface area contributed by atoms with Crippen LogP contribution in [0, 0.1) is 26.0 Å². The van der Waals surface area contributed by atoms with Gasteiger partial charge in [0.15, 0.2) is 0 Å². The maximum Gasteiger partial charge on any atom is -0.109 e. The van der Waals surface area contributed by atoms with Gasteiger partial charge in [-0.25, -0.2) is 12.2 Å². The zero-order valence-corrected chi connectivity index (χ0v) is 38.2. The van der Waals surface area contributed by atoms with Gasteiger partial charge in [0, 0.05) is 0 Å². The second-order valence-electron chi connectivity index (χ2n) is 16.5. The van der Waals surface area contributed by atoms with Crippen molar-refractivity contribution in [2.24, 2.45) is 0 Å². The fraction of sp³-hybridized carbons (Fsp3) is 0.226. The molecule has 0 saturated carbocycles. The molecule has 0 amide bonds. The molecule has 0 spiro atoms. The van der Waals surface area contributed by atoms with Crippen LogP contribution in [-0.2, 0) is 41.5 Å². The third-order valence-corrected chi connectivity index (χ3v) is 11.4. The second kappa shape index (κ2) is 19.5. The van der Waals surface area contributed by atoms with E-state index >= 15 is 0 Å². The monoisotopic (exact) mass is 850 g/mol. The molecule has 0 heterocycles. The number of rotatable bonds is 4. The van der Waals surface area contributed by atoms with E-state index in [2.05, 4.69) is 201 Å². The summed E-state index contributed by atoms with van der Waals surface area (Å²) in [4.78, 5) is 0. The van der Waals surface area contributed by atoms with Crippen molar-refractivity contribution in [3.05, 3.63) is 202 Å². The Morgan fingerprint density at radius 1 is 0.571 bits per heavy atom. The van der Waals surface area contributed by atoms with Crippen molar-refractivity contribution in [3.8, 4) is 33.4 Å². The van der Waals surface area contributed by atoms with Crippen molar-refractivity contribution in [3.63, 3.8) is 0 Å². The first kappa shape index (κ1) is 44.8. The van der Waals surface area contributed by atoms with Crippen molar-refractivity contribution in [2.75, 3.05) is 0 Å². The fourth-order valence-corrected chi connectivity index (χ4v) is 7.97. The largest absolute Gasteiger partial charge is 0.273 e. The Balaban J connectivity index is 0.000000252. The van der Waals surface area contributed by atoms with Gasteiger partial charge in [-0.1, -0.05) is 131 Å². The molecule has 0 radical (unpaired) electrons. The molecule has 6 aromatic rings. The van der Waals surface area contributed by atoms with Gasteiger partial charge in [0.1, 0.15) is 0 Å². The molecule has 0 fully saturated rings. The van der Waals surface area contributed by atoms with Crippen molar-refractivity contribution >= 4 is 28.0 Å². The summed E-state index contributed by atoms with van der Waals surface area (Å²) in [5.74, 6) is 0. The average molecular weight is 853 g/mol. The molecule has 0 bridgehead atoms. The van der Waals surface area contributed by atoms with E-state index in [1.807, 2.05) is 12.2 Å². The molecule has 0 atom stereocenters. The molecule has 0 saturated heterocycles. The van der Waals surface area contributed by atoms with E-state index in [1.165, 1.54) is 105 Å². The summed E-state index contributed by atoms with van der Waals surface area (Å²) >= 11 is 1.47. The van der Waals surface area contributed by atoms with Gasteiger partial charge in [0.2, 0.25) is 0 Å². The van der Waals surface area contributed by atoms with Crippen LogP contribution in [0.1, 0.15) is 92.5 Å². The van der Waals surface area contributed by atoms with Gasteiger partial charge in [-0.05, 0) is 39.5 Å². The van der Waals surface area contributed by atoms with Crippen LogP contribution in [-0.4, -0.2) is 3.21 Å². The zero-order chi connectivity index (χ0) is 38.5. The first-order valence-electron chi connectivity index (χ1n) is 19.1. The molecule has 2 aliphatic carbocycles. The molecule has 284 valence electrons. The van der Waals surface area contributed by atoms with E-state index in [9.17, 15) is 0 Å². The SMILES string of the molecule is CC(C)(C)c1cc2c([c-]c1-c1ccccc1)Cc1cc(-c3ccccc3)c(C(C)(C)C)cc1-2.Cc1cccc([C](=[Zr+2])c2cccc(C)c2)c1.Cl.Cl.[C-]1=CC=CC1. The zero-order valence-electron chi connectivity index (χ0n) is 34.1. The Morgan fingerprint density at radius 3 is 1.57 bits per heavy atom. The van der Waals surface area contributed by atoms with Gasteiger partial charge >= 0.3 is 112 Å². The summed E-state index contributed by atoms with van der Waals surface area (Å²) in [5.41, 5.74) is 18.8. The first-order valence-corrected chi connectivity index (χ1v) is 20.3. The molecular formula is C53H54Cl2Zr. The Kier molecular flexibility index (Phi) is 15.6. The van der Waals surface area contributed by atoms with Gasteiger partial charge < -0.3 is 0 Å². The van der Waals surface area contributed by atoms with E-state index in [0.29, 0.717) is 0 Å². The number of halogens is 2. The summed E-state index contributed by atoms with van der Waals surface area (Å²) in [6.07, 6.45) is 10.9. The third-order valence-electron chi connectivity index (χ3n) is 10.0. The van der Waals surface area contributed by atoms with Crippen LogP contribution < -0.4 is 0 Å². The maximum atomic E-state index is 3.88. The number of aryl methyl sites for hydroxylation is 2. The molecule has 2 aliphatic rings. The molecule has 6 aromatic carbocycles. The molecule has 0 aliphatic heterocycles. The standard InChI is InChI=1S/C33H33.C15H14.C5H5.2ClH.Zr/c1-32(2,3)30-20-26-24(18-28(30)22-13-9-7-10-14-22)17-25-19-29(23-15-11-8-12-16-23)31(21-27(25)26)33(4,5)6;1-12-5-3-7-14(9-12)11-15-8-4-6-13(2)10-15;1-2-4-5-3-1;;;/h7-16,18,20-21H,17H2,1-6H3;3-10H,1-2H3;1-3H,4H2;2*1H;/q-1;;-1;;;+2. The number of hydrogen-bond acceptors (Lipinski definition) is 0.